The highest BCUT2D eigenvalue weighted by atomic mass is 32.3. The minimum Gasteiger partial charge on any atom is -0.228 e. The van der Waals surface area contributed by atoms with E-state index in [1.807, 2.05) is 0 Å². The lowest BCUT2D eigenvalue weighted by Crippen LogP contribution is -2.32. The van der Waals surface area contributed by atoms with Crippen molar-refractivity contribution in [3.05, 3.63) is 0 Å². The van der Waals surface area contributed by atoms with E-state index in [9.17, 15) is 16.8 Å². The summed E-state index contributed by atoms with van der Waals surface area (Å²) in [4.78, 5) is 0. The van der Waals surface area contributed by atoms with Crippen LogP contribution in [0.25, 0.3) is 0 Å². The molecule has 76 valence electrons. The van der Waals surface area contributed by atoms with Gasteiger partial charge in [0.25, 0.3) is 0 Å². The number of hydrogen-bond donors (Lipinski definition) is 0. The Hall–Kier alpha value is -0.650. The zero-order chi connectivity index (χ0) is 10.7. The van der Waals surface area contributed by atoms with Crippen LogP contribution in [0.3, 0.4) is 0 Å². The molecule has 0 radical (unpaired) electrons. The SMILES string of the molecule is CN(CC#N)S(=O)(=O)CS(C)(=O)=O. The van der Waals surface area contributed by atoms with Gasteiger partial charge in [-0.1, -0.05) is 0 Å². The van der Waals surface area contributed by atoms with Gasteiger partial charge in [0.05, 0.1) is 6.07 Å². The van der Waals surface area contributed by atoms with Crippen LogP contribution in [-0.4, -0.2) is 46.1 Å². The molecule has 0 spiro atoms. The van der Waals surface area contributed by atoms with Crippen LogP contribution in [0.4, 0.5) is 0 Å². The normalized spacial score (nSPS) is 12.8. The smallest absolute Gasteiger partial charge is 0.228 e. The van der Waals surface area contributed by atoms with E-state index in [-0.39, 0.29) is 6.54 Å². The molecule has 0 aromatic heterocycles. The number of rotatable bonds is 4. The molecule has 8 heteroatoms. The summed E-state index contributed by atoms with van der Waals surface area (Å²) in [6.07, 6.45) is 0.824. The summed E-state index contributed by atoms with van der Waals surface area (Å²) in [5, 5.41) is 7.23. The molecule has 0 aromatic carbocycles. The highest BCUT2D eigenvalue weighted by Crippen LogP contribution is 2.00. The van der Waals surface area contributed by atoms with E-state index in [4.69, 9.17) is 5.26 Å². The van der Waals surface area contributed by atoms with Crippen LogP contribution in [-0.2, 0) is 19.9 Å². The Morgan fingerprint density at radius 1 is 1.31 bits per heavy atom. The number of hydrogen-bond acceptors (Lipinski definition) is 5. The largest absolute Gasteiger partial charge is 0.229 e. The van der Waals surface area contributed by atoms with E-state index >= 15 is 0 Å². The molecule has 0 atom stereocenters. The summed E-state index contributed by atoms with van der Waals surface area (Å²) in [7, 11) is -6.28. The fraction of sp³-hybridized carbons (Fsp3) is 0.800. The molecule has 13 heavy (non-hydrogen) atoms. The maximum Gasteiger partial charge on any atom is 0.229 e. The molecule has 0 heterocycles. The monoisotopic (exact) mass is 226 g/mol. The van der Waals surface area contributed by atoms with Crippen molar-refractivity contribution in [2.75, 3.05) is 24.9 Å². The van der Waals surface area contributed by atoms with Crippen molar-refractivity contribution in [2.24, 2.45) is 0 Å². The summed E-state index contributed by atoms with van der Waals surface area (Å²) in [5.74, 6) is 0. The molecule has 0 rings (SSSR count). The molecule has 0 bridgehead atoms. The fourth-order valence-corrected chi connectivity index (χ4v) is 3.70. The number of nitrogens with zero attached hydrogens (tertiary/aromatic N) is 2. The maximum absolute atomic E-state index is 11.1. The van der Waals surface area contributed by atoms with E-state index in [1.165, 1.54) is 0 Å². The van der Waals surface area contributed by atoms with Gasteiger partial charge in [-0.3, -0.25) is 0 Å². The number of nitriles is 1. The predicted octanol–water partition coefficient (Wildman–Crippen LogP) is -1.23. The van der Waals surface area contributed by atoms with E-state index in [0.717, 1.165) is 13.3 Å². The molecule has 0 aliphatic carbocycles. The second-order valence-corrected chi connectivity index (χ2v) is 7.15. The molecule has 0 unspecified atom stereocenters. The molecule has 0 amide bonds. The third-order valence-electron chi connectivity index (χ3n) is 1.13. The van der Waals surface area contributed by atoms with Crippen LogP contribution >= 0.6 is 0 Å². The van der Waals surface area contributed by atoms with Crippen LogP contribution in [0.2, 0.25) is 0 Å². The number of sulfonamides is 1. The van der Waals surface area contributed by atoms with Gasteiger partial charge >= 0.3 is 0 Å². The van der Waals surface area contributed by atoms with E-state index < -0.39 is 24.9 Å². The summed E-state index contributed by atoms with van der Waals surface area (Å²) in [5.41, 5.74) is 0. The highest BCUT2D eigenvalue weighted by molar-refractivity contribution is 8.06. The summed E-state index contributed by atoms with van der Waals surface area (Å²) >= 11 is 0. The minimum absolute atomic E-state index is 0.349. The van der Waals surface area contributed by atoms with Crippen LogP contribution < -0.4 is 0 Å². The van der Waals surface area contributed by atoms with Gasteiger partial charge in [0.1, 0.15) is 6.54 Å². The second-order valence-electron chi connectivity index (χ2n) is 2.57. The van der Waals surface area contributed by atoms with Gasteiger partial charge in [-0.15, -0.1) is 0 Å². The molecule has 6 nitrogen and oxygen atoms in total. The quantitative estimate of drug-likeness (QED) is 0.559. The van der Waals surface area contributed by atoms with Gasteiger partial charge in [0.2, 0.25) is 10.0 Å². The van der Waals surface area contributed by atoms with Crippen molar-refractivity contribution in [1.29, 1.82) is 5.26 Å². The average molecular weight is 226 g/mol. The van der Waals surface area contributed by atoms with Gasteiger partial charge in [-0.2, -0.15) is 9.57 Å². The standard InChI is InChI=1S/C5H10N2O4S2/c1-7(4-3-6)13(10,11)5-12(2,8)9/h4-5H2,1-2H3. The van der Waals surface area contributed by atoms with Crippen molar-refractivity contribution < 1.29 is 16.8 Å². The second kappa shape index (κ2) is 4.04. The Morgan fingerprint density at radius 2 is 1.77 bits per heavy atom. The lowest BCUT2D eigenvalue weighted by atomic mass is 10.7. The Kier molecular flexibility index (Phi) is 3.84. The molecule has 0 aliphatic rings. The van der Waals surface area contributed by atoms with Crippen LogP contribution in [0.1, 0.15) is 0 Å². The van der Waals surface area contributed by atoms with Gasteiger partial charge in [-0.25, -0.2) is 16.8 Å². The van der Waals surface area contributed by atoms with Crippen LogP contribution in [0.15, 0.2) is 0 Å². The third kappa shape index (κ3) is 4.82. The first kappa shape index (κ1) is 12.3. The van der Waals surface area contributed by atoms with Gasteiger partial charge in [-0.05, 0) is 0 Å². The molecule has 0 fully saturated rings. The Bertz CT molecular complexity index is 402. The van der Waals surface area contributed by atoms with Crippen molar-refractivity contribution in [3.63, 3.8) is 0 Å². The van der Waals surface area contributed by atoms with Crippen molar-refractivity contribution in [1.82, 2.24) is 4.31 Å². The first-order valence-electron chi connectivity index (χ1n) is 3.18. The van der Waals surface area contributed by atoms with Gasteiger partial charge in [0.15, 0.2) is 14.9 Å². The lowest BCUT2D eigenvalue weighted by Gasteiger charge is -2.11. The van der Waals surface area contributed by atoms with Crippen LogP contribution in [0.5, 0.6) is 0 Å². The molecular weight excluding hydrogens is 216 g/mol. The summed E-state index contributed by atoms with van der Waals surface area (Å²) in [6.45, 7) is -0.349. The topological polar surface area (TPSA) is 95.3 Å². The molecule has 0 aromatic rings. The Morgan fingerprint density at radius 3 is 2.08 bits per heavy atom. The molecular formula is C5H10N2O4S2. The number of sulfone groups is 1. The zero-order valence-corrected chi connectivity index (χ0v) is 8.89. The first-order chi connectivity index (χ1) is 5.69. The van der Waals surface area contributed by atoms with E-state index in [0.29, 0.717) is 4.31 Å². The molecule has 0 saturated heterocycles. The van der Waals surface area contributed by atoms with Crippen molar-refractivity contribution in [2.45, 2.75) is 0 Å². The van der Waals surface area contributed by atoms with Crippen molar-refractivity contribution >= 4 is 19.9 Å². The summed E-state index contributed by atoms with van der Waals surface area (Å²) < 4.78 is 44.3. The van der Waals surface area contributed by atoms with E-state index in [2.05, 4.69) is 0 Å². The van der Waals surface area contributed by atoms with Gasteiger partial charge < -0.3 is 0 Å². The predicted molar refractivity (Wildman–Crippen MR) is 46.9 cm³/mol. The molecule has 0 saturated carbocycles. The fourth-order valence-electron chi connectivity index (χ4n) is 0.558. The molecule has 0 aliphatic heterocycles. The Balaban J connectivity index is 4.73. The van der Waals surface area contributed by atoms with E-state index in [1.54, 1.807) is 6.07 Å². The highest BCUT2D eigenvalue weighted by Gasteiger charge is 2.22. The lowest BCUT2D eigenvalue weighted by molar-refractivity contribution is 0.505. The van der Waals surface area contributed by atoms with Gasteiger partial charge in [0, 0.05) is 13.3 Å². The zero-order valence-electron chi connectivity index (χ0n) is 7.26. The van der Waals surface area contributed by atoms with Crippen LogP contribution in [0, 0.1) is 11.3 Å². The molecule has 0 N–H and O–H groups in total. The summed E-state index contributed by atoms with van der Waals surface area (Å²) in [6, 6.07) is 1.61. The minimum atomic E-state index is -3.86. The maximum atomic E-state index is 11.1. The van der Waals surface area contributed by atoms with Crippen molar-refractivity contribution in [3.8, 4) is 6.07 Å². The Labute approximate surface area is 77.7 Å². The third-order valence-corrected chi connectivity index (χ3v) is 5.11. The first-order valence-corrected chi connectivity index (χ1v) is 6.85. The average Bonchev–Trinajstić information content (AvgIpc) is 1.82.